The van der Waals surface area contributed by atoms with Gasteiger partial charge in [0.2, 0.25) is 0 Å². The Labute approximate surface area is 124 Å². The second-order valence-corrected chi connectivity index (χ2v) is 9.50. The molecular formula is C12H4O3S4. The molecule has 0 radical (unpaired) electrons. The van der Waals surface area contributed by atoms with Gasteiger partial charge in [-0.3, -0.25) is 14.4 Å². The second-order valence-electron chi connectivity index (χ2n) is 4.05. The number of ketones is 2. The molecule has 2 aliphatic rings. The Hall–Kier alpha value is -0.890. The molecule has 0 fully saturated rings. The maximum absolute atomic E-state index is 12.6. The minimum atomic E-state index is -1.12. The Morgan fingerprint density at radius 1 is 0.789 bits per heavy atom. The van der Waals surface area contributed by atoms with Crippen molar-refractivity contribution in [2.75, 3.05) is 0 Å². The lowest BCUT2D eigenvalue weighted by Crippen LogP contribution is -2.31. The maximum Gasteiger partial charge on any atom is 0.289 e. The first-order valence-electron chi connectivity index (χ1n) is 5.32. The number of hydrogen-bond acceptors (Lipinski definition) is 7. The van der Waals surface area contributed by atoms with Crippen LogP contribution in [0.25, 0.3) is 0 Å². The first kappa shape index (κ1) is 11.9. The molecule has 0 saturated carbocycles. The van der Waals surface area contributed by atoms with Gasteiger partial charge in [-0.2, -0.15) is 0 Å². The summed E-state index contributed by atoms with van der Waals surface area (Å²) in [5.41, 5.74) is 0.991. The van der Waals surface area contributed by atoms with Gasteiger partial charge in [0.15, 0.2) is 15.6 Å². The zero-order chi connectivity index (χ0) is 13.2. The summed E-state index contributed by atoms with van der Waals surface area (Å²) >= 11 is 4.71. The third-order valence-corrected chi connectivity index (χ3v) is 8.73. The second kappa shape index (κ2) is 3.82. The molecule has 0 bridgehead atoms. The fraction of sp³-hybridized carbons (Fsp3) is 0.0833. The summed E-state index contributed by atoms with van der Waals surface area (Å²) in [6, 6.07) is 6.92. The number of carbonyl (C=O) groups is 2. The summed E-state index contributed by atoms with van der Waals surface area (Å²) in [5, 5.41) is 0. The van der Waals surface area contributed by atoms with E-state index >= 15 is 0 Å². The van der Waals surface area contributed by atoms with Crippen LogP contribution in [-0.4, -0.2) is 15.6 Å². The summed E-state index contributed by atoms with van der Waals surface area (Å²) in [6.45, 7) is 0. The van der Waals surface area contributed by atoms with E-state index in [1.807, 2.05) is 0 Å². The van der Waals surface area contributed by atoms with Crippen LogP contribution >= 0.6 is 46.2 Å². The monoisotopic (exact) mass is 324 g/mol. The van der Waals surface area contributed by atoms with E-state index in [2.05, 4.69) is 0 Å². The smallest absolute Gasteiger partial charge is 0.289 e. The topological polar surface area (TPSA) is 51.2 Å². The van der Waals surface area contributed by atoms with Gasteiger partial charge in [-0.15, -0.1) is 0 Å². The van der Waals surface area contributed by atoms with Crippen LogP contribution in [0.2, 0.25) is 0 Å². The Bertz CT molecular complexity index is 738. The molecule has 1 aliphatic heterocycles. The summed E-state index contributed by atoms with van der Waals surface area (Å²) in [6.07, 6.45) is 0. The van der Waals surface area contributed by atoms with Crippen molar-refractivity contribution >= 4 is 57.8 Å². The quantitative estimate of drug-likeness (QED) is 0.697. The number of rotatable bonds is 0. The Morgan fingerprint density at radius 3 is 1.74 bits per heavy atom. The van der Waals surface area contributed by atoms with Crippen LogP contribution in [-0.2, 0) is 0 Å². The lowest BCUT2D eigenvalue weighted by molar-refractivity contribution is 0.0917. The highest BCUT2D eigenvalue weighted by Gasteiger charge is 2.58. The largest absolute Gasteiger partial charge is 0.291 e. The molecule has 1 spiro atoms. The van der Waals surface area contributed by atoms with Crippen LogP contribution in [0.15, 0.2) is 37.5 Å². The minimum Gasteiger partial charge on any atom is -0.291 e. The number of thioether (sulfide) groups is 2. The molecular weight excluding hydrogens is 320 g/mol. The zero-order valence-corrected chi connectivity index (χ0v) is 12.4. The molecule has 0 atom stereocenters. The first-order valence-corrected chi connectivity index (χ1v) is 8.59. The normalized spacial score (nSPS) is 18.9. The predicted molar refractivity (Wildman–Crippen MR) is 78.0 cm³/mol. The highest BCUT2D eigenvalue weighted by atomic mass is 32.2. The van der Waals surface area contributed by atoms with Gasteiger partial charge in [0.25, 0.3) is 4.06 Å². The van der Waals surface area contributed by atoms with Gasteiger partial charge in [0.1, 0.15) is 0 Å². The fourth-order valence-electron chi connectivity index (χ4n) is 2.18. The molecule has 19 heavy (non-hydrogen) atoms. The number of benzene rings is 1. The van der Waals surface area contributed by atoms with Gasteiger partial charge in [0, 0.05) is 11.1 Å². The standard InChI is InChI=1S/C12H4O3S4/c13-7-5-3-1-2-4-6(5)8(14)12(7)18-9-10(19-12)17-11(15)16-9/h1-4H. The summed E-state index contributed by atoms with van der Waals surface area (Å²) in [5.74, 6) is -0.294. The summed E-state index contributed by atoms with van der Waals surface area (Å²) < 4.78 is 0.494. The SMILES string of the molecule is O=C1c2ccccc2C(=O)C12Sc1sc(=O)sc1S2. The summed E-state index contributed by atoms with van der Waals surface area (Å²) in [7, 11) is 0. The average molecular weight is 324 g/mol. The van der Waals surface area contributed by atoms with E-state index in [1.54, 1.807) is 24.3 Å². The van der Waals surface area contributed by atoms with Crippen molar-refractivity contribution in [3.8, 4) is 0 Å². The first-order chi connectivity index (χ1) is 9.12. The lowest BCUT2D eigenvalue weighted by atomic mass is 10.1. The van der Waals surface area contributed by atoms with Gasteiger partial charge in [0.05, 0.1) is 8.42 Å². The van der Waals surface area contributed by atoms with Gasteiger partial charge < -0.3 is 0 Å². The maximum atomic E-state index is 12.6. The Balaban J connectivity index is 1.88. The Morgan fingerprint density at radius 2 is 1.26 bits per heavy atom. The van der Waals surface area contributed by atoms with Crippen LogP contribution in [0.1, 0.15) is 20.7 Å². The third kappa shape index (κ3) is 1.44. The molecule has 94 valence electrons. The highest BCUT2D eigenvalue weighted by Crippen LogP contribution is 2.62. The van der Waals surface area contributed by atoms with E-state index in [0.29, 0.717) is 11.1 Å². The van der Waals surface area contributed by atoms with Crippen molar-refractivity contribution in [3.63, 3.8) is 0 Å². The molecule has 7 heteroatoms. The molecule has 2 aromatic rings. The molecule has 4 rings (SSSR count). The van der Waals surface area contributed by atoms with Crippen molar-refractivity contribution in [1.29, 1.82) is 0 Å². The molecule has 1 aromatic heterocycles. The number of Topliss-reactive ketones (excluding diaryl/α,β-unsaturated/α-hetero) is 2. The molecule has 0 amide bonds. The van der Waals surface area contributed by atoms with Gasteiger partial charge in [-0.25, -0.2) is 0 Å². The van der Waals surface area contributed by atoms with Crippen LogP contribution in [0.4, 0.5) is 0 Å². The van der Waals surface area contributed by atoms with E-state index in [-0.39, 0.29) is 15.6 Å². The summed E-state index contributed by atoms with van der Waals surface area (Å²) in [4.78, 5) is 36.4. The fourth-order valence-corrected chi connectivity index (χ4v) is 8.66. The number of hydrogen-bond donors (Lipinski definition) is 0. The van der Waals surface area contributed by atoms with Gasteiger partial charge in [-0.05, 0) is 0 Å². The average Bonchev–Trinajstić information content (AvgIpc) is 2.97. The lowest BCUT2D eigenvalue weighted by Gasteiger charge is -2.15. The Kier molecular flexibility index (Phi) is 2.39. The number of fused-ring (bicyclic) bond motifs is 2. The number of carbonyl (C=O) groups excluding carboxylic acids is 2. The van der Waals surface area contributed by atoms with Crippen LogP contribution in [0.5, 0.6) is 0 Å². The molecule has 0 saturated heterocycles. The van der Waals surface area contributed by atoms with Crippen molar-refractivity contribution in [2.45, 2.75) is 12.5 Å². The van der Waals surface area contributed by atoms with E-state index in [4.69, 9.17) is 0 Å². The highest BCUT2D eigenvalue weighted by molar-refractivity contribution is 8.25. The predicted octanol–water partition coefficient (Wildman–Crippen LogP) is 3.14. The molecule has 1 aromatic carbocycles. The van der Waals surface area contributed by atoms with Crippen LogP contribution in [0, 0.1) is 0 Å². The van der Waals surface area contributed by atoms with E-state index in [1.165, 1.54) is 23.5 Å². The van der Waals surface area contributed by atoms with Crippen molar-refractivity contribution in [2.24, 2.45) is 0 Å². The molecule has 1 aliphatic carbocycles. The van der Waals surface area contributed by atoms with Gasteiger partial charge >= 0.3 is 0 Å². The van der Waals surface area contributed by atoms with Crippen molar-refractivity contribution in [3.05, 3.63) is 44.2 Å². The third-order valence-electron chi connectivity index (χ3n) is 3.01. The minimum absolute atomic E-state index is 0.00950. The van der Waals surface area contributed by atoms with Crippen molar-refractivity contribution in [1.82, 2.24) is 0 Å². The molecule has 0 N–H and O–H groups in total. The van der Waals surface area contributed by atoms with E-state index in [0.717, 1.165) is 31.1 Å². The van der Waals surface area contributed by atoms with Crippen molar-refractivity contribution < 1.29 is 9.59 Å². The molecule has 2 heterocycles. The zero-order valence-electron chi connectivity index (χ0n) is 9.17. The van der Waals surface area contributed by atoms with E-state index < -0.39 is 4.08 Å². The van der Waals surface area contributed by atoms with Gasteiger partial charge in [-0.1, -0.05) is 70.5 Å². The molecule has 3 nitrogen and oxygen atoms in total. The molecule has 0 unspecified atom stereocenters. The van der Waals surface area contributed by atoms with E-state index in [9.17, 15) is 14.4 Å². The van der Waals surface area contributed by atoms with Crippen LogP contribution in [0.3, 0.4) is 0 Å². The van der Waals surface area contributed by atoms with Crippen LogP contribution < -0.4 is 4.06 Å².